The molecule has 0 saturated heterocycles. The van der Waals surface area contributed by atoms with E-state index in [1.54, 1.807) is 11.7 Å². The van der Waals surface area contributed by atoms with Gasteiger partial charge in [-0.05, 0) is 48.9 Å². The van der Waals surface area contributed by atoms with Gasteiger partial charge in [0.1, 0.15) is 17.0 Å². The van der Waals surface area contributed by atoms with Crippen LogP contribution in [0, 0.1) is 0 Å². The second kappa shape index (κ2) is 7.63. The van der Waals surface area contributed by atoms with Crippen LogP contribution in [0.2, 0.25) is 0 Å². The van der Waals surface area contributed by atoms with Gasteiger partial charge in [0.15, 0.2) is 5.76 Å². The third-order valence-corrected chi connectivity index (χ3v) is 4.98. The van der Waals surface area contributed by atoms with Crippen molar-refractivity contribution in [3.05, 3.63) is 70.3 Å². The van der Waals surface area contributed by atoms with Gasteiger partial charge in [-0.3, -0.25) is 4.99 Å². The summed E-state index contributed by atoms with van der Waals surface area (Å²) in [5.41, 5.74) is 2.71. The van der Waals surface area contributed by atoms with Crippen LogP contribution in [0.15, 0.2) is 74.5 Å². The number of para-hydroxylation sites is 1. The number of fused-ring (bicyclic) bond motifs is 1. The zero-order chi connectivity index (χ0) is 18.6. The maximum atomic E-state index is 6.00. The number of hydrogen-bond donors (Lipinski definition) is 0. The van der Waals surface area contributed by atoms with Crippen LogP contribution in [-0.4, -0.2) is 24.5 Å². The van der Waals surface area contributed by atoms with E-state index < -0.39 is 0 Å². The number of aromatic nitrogens is 1. The Kier molecular flexibility index (Phi) is 4.89. The Hall–Kier alpha value is -3.12. The Morgan fingerprint density at radius 3 is 2.70 bits per heavy atom. The lowest BCUT2D eigenvalue weighted by Gasteiger charge is -2.03. The summed E-state index contributed by atoms with van der Waals surface area (Å²) in [6.07, 6.45) is 1.81. The first-order valence-electron chi connectivity index (χ1n) is 8.68. The summed E-state index contributed by atoms with van der Waals surface area (Å²) in [4.78, 5) is 5.13. The third kappa shape index (κ3) is 3.57. The van der Waals surface area contributed by atoms with E-state index in [1.165, 1.54) is 11.3 Å². The van der Waals surface area contributed by atoms with Gasteiger partial charge in [-0.1, -0.05) is 18.2 Å². The second-order valence-corrected chi connectivity index (χ2v) is 6.67. The van der Waals surface area contributed by atoms with Crippen LogP contribution in [-0.2, 0) is 0 Å². The Morgan fingerprint density at radius 2 is 1.96 bits per heavy atom. The summed E-state index contributed by atoms with van der Waals surface area (Å²) < 4.78 is 13.3. The van der Waals surface area contributed by atoms with Gasteiger partial charge in [-0.15, -0.1) is 11.3 Å². The van der Waals surface area contributed by atoms with Gasteiger partial charge in [-0.2, -0.15) is 5.10 Å². The molecule has 4 aromatic rings. The number of ether oxygens (including phenoxy) is 1. The predicted octanol–water partition coefficient (Wildman–Crippen LogP) is 4.77. The van der Waals surface area contributed by atoms with E-state index in [9.17, 15) is 0 Å². The van der Waals surface area contributed by atoms with Crippen LogP contribution in [0.5, 0.6) is 5.75 Å². The van der Waals surface area contributed by atoms with E-state index in [-0.39, 0.29) is 0 Å². The van der Waals surface area contributed by atoms with Crippen molar-refractivity contribution in [2.75, 3.05) is 13.7 Å². The highest BCUT2D eigenvalue weighted by Crippen LogP contribution is 2.28. The molecule has 0 bridgehead atoms. The van der Waals surface area contributed by atoms with Gasteiger partial charge in [0.25, 0.3) is 0 Å². The molecule has 6 heteroatoms. The monoisotopic (exact) mass is 377 g/mol. The molecule has 136 valence electrons. The van der Waals surface area contributed by atoms with Gasteiger partial charge >= 0.3 is 0 Å². The molecule has 0 fully saturated rings. The highest BCUT2D eigenvalue weighted by Gasteiger charge is 2.12. The van der Waals surface area contributed by atoms with Gasteiger partial charge in [-0.25, -0.2) is 4.68 Å². The van der Waals surface area contributed by atoms with Crippen molar-refractivity contribution in [1.29, 1.82) is 0 Å². The summed E-state index contributed by atoms with van der Waals surface area (Å²) in [6.45, 7) is 2.62. The minimum atomic E-state index is 0.653. The lowest BCUT2D eigenvalue weighted by molar-refractivity contribution is 0.340. The van der Waals surface area contributed by atoms with Crippen molar-refractivity contribution in [2.45, 2.75) is 6.92 Å². The molecular weight excluding hydrogens is 358 g/mol. The normalized spacial score (nSPS) is 12.3. The molecule has 4 rings (SSSR count). The molecule has 2 heterocycles. The van der Waals surface area contributed by atoms with Gasteiger partial charge in [0.05, 0.1) is 12.8 Å². The van der Waals surface area contributed by atoms with E-state index >= 15 is 0 Å². The first-order chi connectivity index (χ1) is 13.3. The Labute approximate surface area is 160 Å². The van der Waals surface area contributed by atoms with Crippen molar-refractivity contribution in [3.63, 3.8) is 0 Å². The third-order valence-electron chi connectivity index (χ3n) is 4.07. The minimum absolute atomic E-state index is 0.653. The van der Waals surface area contributed by atoms with Crippen LogP contribution in [0.4, 0.5) is 0 Å². The number of benzene rings is 2. The number of thiazole rings is 1. The average Bonchev–Trinajstić information content (AvgIpc) is 3.31. The molecule has 0 aliphatic rings. The van der Waals surface area contributed by atoms with Gasteiger partial charge < -0.3 is 9.15 Å². The van der Waals surface area contributed by atoms with Gasteiger partial charge in [0.2, 0.25) is 4.80 Å². The van der Waals surface area contributed by atoms with E-state index in [0.717, 1.165) is 38.5 Å². The number of hydrogen-bond acceptors (Lipinski definition) is 5. The summed E-state index contributed by atoms with van der Waals surface area (Å²) >= 11 is 1.53. The molecule has 0 unspecified atom stereocenters. The highest BCUT2D eigenvalue weighted by molar-refractivity contribution is 7.07. The number of rotatable bonds is 5. The lowest BCUT2D eigenvalue weighted by atomic mass is 10.2. The maximum absolute atomic E-state index is 6.00. The van der Waals surface area contributed by atoms with Crippen molar-refractivity contribution >= 4 is 28.5 Å². The molecule has 0 aliphatic carbocycles. The summed E-state index contributed by atoms with van der Waals surface area (Å²) in [5.74, 6) is 1.62. The van der Waals surface area contributed by atoms with E-state index in [2.05, 4.69) is 10.1 Å². The molecule has 2 aromatic heterocycles. The van der Waals surface area contributed by atoms with Crippen LogP contribution < -0.4 is 9.54 Å². The first-order valence-corrected chi connectivity index (χ1v) is 9.56. The average molecular weight is 377 g/mol. The Balaban J connectivity index is 1.71. The molecule has 0 spiro atoms. The second-order valence-electron chi connectivity index (χ2n) is 5.83. The fourth-order valence-electron chi connectivity index (χ4n) is 2.78. The van der Waals surface area contributed by atoms with E-state index in [0.29, 0.717) is 6.61 Å². The van der Waals surface area contributed by atoms with Gasteiger partial charge in [0, 0.05) is 17.8 Å². The van der Waals surface area contributed by atoms with E-state index in [1.807, 2.05) is 73.1 Å². The molecule has 27 heavy (non-hydrogen) atoms. The largest absolute Gasteiger partial charge is 0.494 e. The van der Waals surface area contributed by atoms with Crippen molar-refractivity contribution in [2.24, 2.45) is 10.1 Å². The van der Waals surface area contributed by atoms with Crippen LogP contribution in [0.3, 0.4) is 0 Å². The van der Waals surface area contributed by atoms with Crippen LogP contribution in [0.25, 0.3) is 22.4 Å². The molecule has 0 N–H and O–H groups in total. The van der Waals surface area contributed by atoms with Crippen molar-refractivity contribution < 1.29 is 9.15 Å². The fraction of sp³-hybridized carbons (Fsp3) is 0.143. The molecular formula is C21H19N3O2S. The first kappa shape index (κ1) is 17.3. The lowest BCUT2D eigenvalue weighted by Crippen LogP contribution is -2.11. The SMILES string of the molecule is CCOc1ccc(C=Nn2c(-c3cc4ccccc4o3)csc2=NC)cc1. The topological polar surface area (TPSA) is 52.0 Å². The molecule has 0 amide bonds. The minimum Gasteiger partial charge on any atom is -0.494 e. The molecule has 2 aromatic carbocycles. The van der Waals surface area contributed by atoms with Crippen molar-refractivity contribution in [1.82, 2.24) is 4.68 Å². The van der Waals surface area contributed by atoms with E-state index in [4.69, 9.17) is 9.15 Å². The molecule has 0 aliphatic heterocycles. The summed E-state index contributed by atoms with van der Waals surface area (Å²) in [5, 5.41) is 7.71. The maximum Gasteiger partial charge on any atom is 0.206 e. The molecule has 0 radical (unpaired) electrons. The number of nitrogens with zero attached hydrogens (tertiary/aromatic N) is 3. The van der Waals surface area contributed by atoms with Crippen molar-refractivity contribution in [3.8, 4) is 17.2 Å². The Morgan fingerprint density at radius 1 is 1.15 bits per heavy atom. The molecule has 0 saturated carbocycles. The van der Waals surface area contributed by atoms with Crippen LogP contribution >= 0.6 is 11.3 Å². The predicted molar refractivity (Wildman–Crippen MR) is 110 cm³/mol. The Bertz CT molecular complexity index is 1120. The standard InChI is InChI=1S/C21H19N3O2S/c1-3-25-17-10-8-15(9-11-17)13-23-24-18(14-27-21(24)22-2)20-12-16-6-4-5-7-19(16)26-20/h4-14H,3H2,1-2H3. The fourth-order valence-corrected chi connectivity index (χ4v) is 3.57. The molecule has 5 nitrogen and oxygen atoms in total. The summed E-state index contributed by atoms with van der Waals surface area (Å²) in [6, 6.07) is 17.8. The summed E-state index contributed by atoms with van der Waals surface area (Å²) in [7, 11) is 1.76. The zero-order valence-corrected chi connectivity index (χ0v) is 15.9. The smallest absolute Gasteiger partial charge is 0.206 e. The van der Waals surface area contributed by atoms with Crippen LogP contribution in [0.1, 0.15) is 12.5 Å². The highest BCUT2D eigenvalue weighted by atomic mass is 32.1. The zero-order valence-electron chi connectivity index (χ0n) is 15.1. The molecule has 0 atom stereocenters. The quantitative estimate of drug-likeness (QED) is 0.470. The number of furan rings is 1.